The van der Waals surface area contributed by atoms with E-state index in [1.54, 1.807) is 13.2 Å². The lowest BCUT2D eigenvalue weighted by atomic mass is 10.0. The standard InChI is InChI=1S/C16H14N2O2/c1-20-13-7-8-14(12-5-3-2-4-6-12)15(11-13)18-16(19)9-10-17/h2-8,11H,9H2,1H3,(H,18,19). The van der Waals surface area contributed by atoms with Gasteiger partial charge >= 0.3 is 0 Å². The predicted octanol–water partition coefficient (Wildman–Crippen LogP) is 3.21. The summed E-state index contributed by atoms with van der Waals surface area (Å²) in [6.45, 7) is 0. The van der Waals surface area contributed by atoms with Gasteiger partial charge in [0, 0.05) is 11.6 Å². The maximum atomic E-state index is 11.6. The molecule has 0 saturated carbocycles. The van der Waals surface area contributed by atoms with Gasteiger partial charge in [-0.2, -0.15) is 5.26 Å². The van der Waals surface area contributed by atoms with E-state index in [1.807, 2.05) is 48.5 Å². The summed E-state index contributed by atoms with van der Waals surface area (Å²) in [5, 5.41) is 11.3. The molecule has 1 N–H and O–H groups in total. The number of nitrogens with zero attached hydrogens (tertiary/aromatic N) is 1. The summed E-state index contributed by atoms with van der Waals surface area (Å²) in [4.78, 5) is 11.6. The van der Waals surface area contributed by atoms with E-state index in [2.05, 4.69) is 5.32 Å². The molecule has 4 nitrogen and oxygen atoms in total. The molecule has 1 amide bonds. The van der Waals surface area contributed by atoms with E-state index in [0.29, 0.717) is 11.4 Å². The summed E-state index contributed by atoms with van der Waals surface area (Å²) in [5.74, 6) is 0.315. The molecule has 4 heteroatoms. The molecule has 2 aromatic rings. The first-order valence-corrected chi connectivity index (χ1v) is 6.15. The fraction of sp³-hybridized carbons (Fsp3) is 0.125. The number of methoxy groups -OCH3 is 1. The molecule has 20 heavy (non-hydrogen) atoms. The Morgan fingerprint density at radius 2 is 2.00 bits per heavy atom. The normalized spacial score (nSPS) is 9.60. The molecule has 0 aliphatic carbocycles. The van der Waals surface area contributed by atoms with Crippen molar-refractivity contribution < 1.29 is 9.53 Å². The molecule has 0 spiro atoms. The summed E-state index contributed by atoms with van der Waals surface area (Å²) in [5.41, 5.74) is 2.51. The largest absolute Gasteiger partial charge is 0.497 e. The minimum Gasteiger partial charge on any atom is -0.497 e. The van der Waals surface area contributed by atoms with Crippen molar-refractivity contribution >= 4 is 11.6 Å². The van der Waals surface area contributed by atoms with Crippen molar-refractivity contribution in [1.29, 1.82) is 5.26 Å². The number of carbonyl (C=O) groups excluding carboxylic acids is 1. The van der Waals surface area contributed by atoms with Crippen LogP contribution < -0.4 is 10.1 Å². The van der Waals surface area contributed by atoms with E-state index < -0.39 is 0 Å². The highest BCUT2D eigenvalue weighted by molar-refractivity contribution is 5.96. The van der Waals surface area contributed by atoms with Gasteiger partial charge in [0.05, 0.1) is 18.9 Å². The number of nitrogens with one attached hydrogen (secondary N) is 1. The average Bonchev–Trinajstić information content (AvgIpc) is 2.48. The first-order chi connectivity index (χ1) is 9.74. The highest BCUT2D eigenvalue weighted by Gasteiger charge is 2.09. The maximum Gasteiger partial charge on any atom is 0.238 e. The number of ether oxygens (including phenoxy) is 1. The third-order valence-electron chi connectivity index (χ3n) is 2.83. The second-order valence-electron chi connectivity index (χ2n) is 4.16. The lowest BCUT2D eigenvalue weighted by Crippen LogP contribution is -2.11. The van der Waals surface area contributed by atoms with Crippen molar-refractivity contribution in [1.82, 2.24) is 0 Å². The first-order valence-electron chi connectivity index (χ1n) is 6.15. The van der Waals surface area contributed by atoms with Gasteiger partial charge in [-0.05, 0) is 17.7 Å². The molecular formula is C16H14N2O2. The molecule has 2 aromatic carbocycles. The zero-order valence-electron chi connectivity index (χ0n) is 11.1. The lowest BCUT2D eigenvalue weighted by Gasteiger charge is -2.12. The maximum absolute atomic E-state index is 11.6. The van der Waals surface area contributed by atoms with E-state index in [0.717, 1.165) is 11.1 Å². The SMILES string of the molecule is COc1ccc(-c2ccccc2)c(NC(=O)CC#N)c1. The van der Waals surface area contributed by atoms with Crippen LogP contribution in [0.4, 0.5) is 5.69 Å². The molecular weight excluding hydrogens is 252 g/mol. The Morgan fingerprint density at radius 1 is 1.25 bits per heavy atom. The minimum atomic E-state index is -0.335. The molecule has 0 aliphatic heterocycles. The van der Waals surface area contributed by atoms with Crippen LogP contribution in [-0.4, -0.2) is 13.0 Å². The van der Waals surface area contributed by atoms with Crippen molar-refractivity contribution in [2.75, 3.05) is 12.4 Å². The molecule has 0 fully saturated rings. The number of benzene rings is 2. The minimum absolute atomic E-state index is 0.175. The monoisotopic (exact) mass is 266 g/mol. The molecule has 100 valence electrons. The summed E-state index contributed by atoms with van der Waals surface area (Å²) in [6, 6.07) is 17.0. The number of carbonyl (C=O) groups is 1. The van der Waals surface area contributed by atoms with Gasteiger partial charge in [0.25, 0.3) is 0 Å². The van der Waals surface area contributed by atoms with E-state index in [-0.39, 0.29) is 12.3 Å². The van der Waals surface area contributed by atoms with Crippen molar-refractivity contribution in [3.8, 4) is 22.9 Å². The van der Waals surface area contributed by atoms with Crippen LogP contribution in [0.2, 0.25) is 0 Å². The number of nitriles is 1. The second-order valence-corrected chi connectivity index (χ2v) is 4.16. The Labute approximate surface area is 117 Å². The van der Waals surface area contributed by atoms with Crippen LogP contribution in [0.25, 0.3) is 11.1 Å². The van der Waals surface area contributed by atoms with Crippen LogP contribution in [0.5, 0.6) is 5.75 Å². The summed E-state index contributed by atoms with van der Waals surface area (Å²) < 4.78 is 5.17. The fourth-order valence-corrected chi connectivity index (χ4v) is 1.89. The Morgan fingerprint density at radius 3 is 2.65 bits per heavy atom. The van der Waals surface area contributed by atoms with E-state index >= 15 is 0 Å². The van der Waals surface area contributed by atoms with Crippen LogP contribution >= 0.6 is 0 Å². The lowest BCUT2D eigenvalue weighted by molar-refractivity contribution is -0.115. The molecule has 0 aromatic heterocycles. The Hall–Kier alpha value is -2.80. The molecule has 0 radical (unpaired) electrons. The third-order valence-corrected chi connectivity index (χ3v) is 2.83. The van der Waals surface area contributed by atoms with E-state index in [1.165, 1.54) is 0 Å². The van der Waals surface area contributed by atoms with Gasteiger partial charge in [-0.1, -0.05) is 30.3 Å². The van der Waals surface area contributed by atoms with Crippen molar-refractivity contribution in [3.05, 3.63) is 48.5 Å². The predicted molar refractivity (Wildman–Crippen MR) is 77.3 cm³/mol. The molecule has 0 bridgehead atoms. The van der Waals surface area contributed by atoms with Gasteiger partial charge in [0.15, 0.2) is 0 Å². The van der Waals surface area contributed by atoms with Crippen LogP contribution in [0.1, 0.15) is 6.42 Å². The molecule has 0 atom stereocenters. The van der Waals surface area contributed by atoms with Gasteiger partial charge in [0.2, 0.25) is 5.91 Å². The Balaban J connectivity index is 2.41. The first kappa shape index (κ1) is 13.6. The molecule has 0 saturated heterocycles. The van der Waals surface area contributed by atoms with Crippen LogP contribution in [0, 0.1) is 11.3 Å². The topological polar surface area (TPSA) is 62.1 Å². The zero-order valence-corrected chi connectivity index (χ0v) is 11.1. The van der Waals surface area contributed by atoms with E-state index in [9.17, 15) is 4.79 Å². The van der Waals surface area contributed by atoms with Gasteiger partial charge in [-0.25, -0.2) is 0 Å². The van der Waals surface area contributed by atoms with Crippen molar-refractivity contribution in [2.45, 2.75) is 6.42 Å². The van der Waals surface area contributed by atoms with Crippen molar-refractivity contribution in [2.24, 2.45) is 0 Å². The number of anilines is 1. The summed E-state index contributed by atoms with van der Waals surface area (Å²) in [6.07, 6.45) is -0.175. The quantitative estimate of drug-likeness (QED) is 0.924. The van der Waals surface area contributed by atoms with Gasteiger partial charge < -0.3 is 10.1 Å². The molecule has 0 heterocycles. The molecule has 0 aliphatic rings. The van der Waals surface area contributed by atoms with E-state index in [4.69, 9.17) is 10.00 Å². The Kier molecular flexibility index (Phi) is 4.35. The summed E-state index contributed by atoms with van der Waals surface area (Å²) >= 11 is 0. The highest BCUT2D eigenvalue weighted by Crippen LogP contribution is 2.31. The van der Waals surface area contributed by atoms with Crippen molar-refractivity contribution in [3.63, 3.8) is 0 Å². The van der Waals surface area contributed by atoms with Crippen LogP contribution in [0.3, 0.4) is 0 Å². The molecule has 2 rings (SSSR count). The smallest absolute Gasteiger partial charge is 0.238 e. The average molecular weight is 266 g/mol. The van der Waals surface area contributed by atoms with Crippen LogP contribution in [-0.2, 0) is 4.79 Å². The van der Waals surface area contributed by atoms with Gasteiger partial charge in [-0.3, -0.25) is 4.79 Å². The highest BCUT2D eigenvalue weighted by atomic mass is 16.5. The Bertz CT molecular complexity index is 645. The van der Waals surface area contributed by atoms with Gasteiger partial charge in [-0.15, -0.1) is 0 Å². The van der Waals surface area contributed by atoms with Crippen LogP contribution in [0.15, 0.2) is 48.5 Å². The number of hydrogen-bond acceptors (Lipinski definition) is 3. The number of rotatable bonds is 4. The number of amides is 1. The second kappa shape index (κ2) is 6.39. The fourth-order valence-electron chi connectivity index (χ4n) is 1.89. The molecule has 0 unspecified atom stereocenters. The zero-order chi connectivity index (χ0) is 14.4. The third kappa shape index (κ3) is 3.15. The number of hydrogen-bond donors (Lipinski definition) is 1. The summed E-state index contributed by atoms with van der Waals surface area (Å²) in [7, 11) is 1.57. The van der Waals surface area contributed by atoms with Gasteiger partial charge in [0.1, 0.15) is 12.2 Å².